The van der Waals surface area contributed by atoms with Crippen LogP contribution in [0.25, 0.3) is 11.1 Å². The molecule has 1 saturated heterocycles. The molecule has 43 heavy (non-hydrogen) atoms. The molecule has 4 aromatic carbocycles. The van der Waals surface area contributed by atoms with E-state index in [0.29, 0.717) is 47.0 Å². The van der Waals surface area contributed by atoms with Crippen LogP contribution in [0.5, 0.6) is 11.5 Å². The third-order valence-corrected chi connectivity index (χ3v) is 7.40. The molecule has 1 heterocycles. The number of carbonyl (C=O) groups is 2. The molecule has 1 aliphatic rings. The number of nitrogens with one attached hydrogen (secondary N) is 3. The molecular weight excluding hydrogens is 554 g/mol. The maximum absolute atomic E-state index is 13.8. The molecule has 8 nitrogen and oxygen atoms in total. The van der Waals surface area contributed by atoms with Crippen LogP contribution in [-0.2, 0) is 0 Å². The minimum atomic E-state index is -0.648. The van der Waals surface area contributed by atoms with Crippen molar-refractivity contribution < 1.29 is 27.8 Å². The zero-order chi connectivity index (χ0) is 30.3. The van der Waals surface area contributed by atoms with E-state index in [0.717, 1.165) is 11.6 Å². The zero-order valence-corrected chi connectivity index (χ0v) is 23.8. The summed E-state index contributed by atoms with van der Waals surface area (Å²) in [6, 6.07) is 23.7. The first-order valence-electron chi connectivity index (χ1n) is 13.8. The van der Waals surface area contributed by atoms with Crippen molar-refractivity contribution in [2.75, 3.05) is 37.9 Å². The Morgan fingerprint density at radius 1 is 0.767 bits per heavy atom. The summed E-state index contributed by atoms with van der Waals surface area (Å²) in [5.41, 5.74) is 3.18. The zero-order valence-electron chi connectivity index (χ0n) is 23.8. The van der Waals surface area contributed by atoms with Crippen molar-refractivity contribution in [3.05, 3.63) is 108 Å². The summed E-state index contributed by atoms with van der Waals surface area (Å²) < 4.78 is 38.1. The van der Waals surface area contributed by atoms with Crippen LogP contribution in [0.4, 0.5) is 29.7 Å². The van der Waals surface area contributed by atoms with Gasteiger partial charge in [0.25, 0.3) is 0 Å². The van der Waals surface area contributed by atoms with Crippen LogP contribution in [0.2, 0.25) is 0 Å². The van der Waals surface area contributed by atoms with E-state index in [-0.39, 0.29) is 18.5 Å². The Hall–Kier alpha value is -5.12. The monoisotopic (exact) mass is 586 g/mol. The number of rotatable bonds is 7. The SMILES string of the molecule is COc1cccc(NC(=O)N[C@H]2CN(C(=O)Nc3cccc(OC)c3)CC[C@@H]2c2ccc(-c3cc(F)cc(F)c3)cc2)c1. The van der Waals surface area contributed by atoms with Crippen molar-refractivity contribution in [1.29, 1.82) is 0 Å². The summed E-state index contributed by atoms with van der Waals surface area (Å²) in [5, 5.41) is 8.80. The van der Waals surface area contributed by atoms with Crippen molar-refractivity contribution in [3.8, 4) is 22.6 Å². The lowest BCUT2D eigenvalue weighted by molar-refractivity contribution is 0.175. The van der Waals surface area contributed by atoms with E-state index < -0.39 is 23.7 Å². The maximum atomic E-state index is 13.8. The second-order valence-electron chi connectivity index (χ2n) is 10.2. The minimum absolute atomic E-state index is 0.129. The molecule has 1 aliphatic heterocycles. The molecule has 3 N–H and O–H groups in total. The molecule has 1 fully saturated rings. The molecule has 5 rings (SSSR count). The summed E-state index contributed by atoms with van der Waals surface area (Å²) in [6.45, 7) is 0.704. The van der Waals surface area contributed by atoms with Gasteiger partial charge in [-0.1, -0.05) is 36.4 Å². The molecule has 222 valence electrons. The highest BCUT2D eigenvalue weighted by molar-refractivity contribution is 5.91. The molecule has 0 spiro atoms. The van der Waals surface area contributed by atoms with Crippen LogP contribution in [0.1, 0.15) is 17.9 Å². The van der Waals surface area contributed by atoms with Crippen molar-refractivity contribution in [2.45, 2.75) is 18.4 Å². The minimum Gasteiger partial charge on any atom is -0.497 e. The highest BCUT2D eigenvalue weighted by Crippen LogP contribution is 2.32. The fourth-order valence-corrected chi connectivity index (χ4v) is 5.26. The summed E-state index contributed by atoms with van der Waals surface area (Å²) in [4.78, 5) is 28.0. The lowest BCUT2D eigenvalue weighted by atomic mass is 9.84. The number of amides is 4. The number of benzene rings is 4. The highest BCUT2D eigenvalue weighted by atomic mass is 19.1. The molecule has 0 unspecified atom stereocenters. The van der Waals surface area contributed by atoms with E-state index in [4.69, 9.17) is 9.47 Å². The molecular formula is C33H32F2N4O4. The average molecular weight is 587 g/mol. The van der Waals surface area contributed by atoms with Gasteiger partial charge in [0.2, 0.25) is 0 Å². The second kappa shape index (κ2) is 13.2. The first-order chi connectivity index (χ1) is 20.8. The lowest BCUT2D eigenvalue weighted by Gasteiger charge is -2.39. The van der Waals surface area contributed by atoms with Crippen LogP contribution in [-0.4, -0.2) is 50.3 Å². The fraction of sp³-hybridized carbons (Fsp3) is 0.212. The summed E-state index contributed by atoms with van der Waals surface area (Å²) in [6.07, 6.45) is 0.573. The van der Waals surface area contributed by atoms with E-state index in [1.165, 1.54) is 12.1 Å². The van der Waals surface area contributed by atoms with Gasteiger partial charge in [0.1, 0.15) is 23.1 Å². The van der Waals surface area contributed by atoms with Crippen molar-refractivity contribution in [3.63, 3.8) is 0 Å². The Kier molecular flexibility index (Phi) is 9.05. The van der Waals surface area contributed by atoms with Gasteiger partial charge in [0, 0.05) is 48.6 Å². The number of hydrogen-bond acceptors (Lipinski definition) is 4. The quantitative estimate of drug-likeness (QED) is 0.221. The topological polar surface area (TPSA) is 91.9 Å². The van der Waals surface area contributed by atoms with Gasteiger partial charge in [-0.3, -0.25) is 0 Å². The number of ether oxygens (including phenoxy) is 2. The van der Waals surface area contributed by atoms with E-state index in [1.807, 2.05) is 12.1 Å². The van der Waals surface area contributed by atoms with E-state index >= 15 is 0 Å². The Morgan fingerprint density at radius 3 is 1.98 bits per heavy atom. The third kappa shape index (κ3) is 7.40. The number of nitrogens with zero attached hydrogens (tertiary/aromatic N) is 1. The molecule has 2 atom stereocenters. The number of likely N-dealkylation sites (tertiary alicyclic amines) is 1. The number of anilines is 2. The summed E-state index contributed by atoms with van der Waals surface area (Å²) in [5.74, 6) is -0.202. The molecule has 0 radical (unpaired) electrons. The largest absolute Gasteiger partial charge is 0.497 e. The first-order valence-corrected chi connectivity index (χ1v) is 13.8. The van der Waals surface area contributed by atoms with Crippen LogP contribution in [0.15, 0.2) is 91.0 Å². The van der Waals surface area contributed by atoms with Gasteiger partial charge in [0.15, 0.2) is 0 Å². The van der Waals surface area contributed by atoms with Crippen LogP contribution < -0.4 is 25.4 Å². The number of carbonyl (C=O) groups excluding carboxylic acids is 2. The van der Waals surface area contributed by atoms with Gasteiger partial charge in [-0.25, -0.2) is 18.4 Å². The van der Waals surface area contributed by atoms with Gasteiger partial charge < -0.3 is 30.3 Å². The molecule has 0 aliphatic carbocycles. The van der Waals surface area contributed by atoms with Crippen LogP contribution >= 0.6 is 0 Å². The molecule has 0 bridgehead atoms. The Labute approximate surface area is 248 Å². The van der Waals surface area contributed by atoms with E-state index in [9.17, 15) is 18.4 Å². The Balaban J connectivity index is 1.35. The molecule has 4 amide bonds. The molecule has 0 saturated carbocycles. The fourth-order valence-electron chi connectivity index (χ4n) is 5.26. The van der Waals surface area contributed by atoms with Crippen molar-refractivity contribution in [2.24, 2.45) is 0 Å². The van der Waals surface area contributed by atoms with E-state index in [2.05, 4.69) is 16.0 Å². The number of piperidine rings is 1. The summed E-state index contributed by atoms with van der Waals surface area (Å²) >= 11 is 0. The van der Waals surface area contributed by atoms with Crippen molar-refractivity contribution >= 4 is 23.4 Å². The van der Waals surface area contributed by atoms with Crippen LogP contribution in [0.3, 0.4) is 0 Å². The molecule has 0 aromatic heterocycles. The van der Waals surface area contributed by atoms with Gasteiger partial charge in [0.05, 0.1) is 20.3 Å². The number of methoxy groups -OCH3 is 2. The Morgan fingerprint density at radius 2 is 1.37 bits per heavy atom. The van der Waals surface area contributed by atoms with E-state index in [1.54, 1.807) is 79.8 Å². The smallest absolute Gasteiger partial charge is 0.321 e. The number of urea groups is 2. The Bertz CT molecular complexity index is 1580. The maximum Gasteiger partial charge on any atom is 0.321 e. The lowest BCUT2D eigenvalue weighted by Crippen LogP contribution is -2.54. The normalized spacial score (nSPS) is 16.2. The van der Waals surface area contributed by atoms with Crippen LogP contribution in [0, 0.1) is 11.6 Å². The second-order valence-corrected chi connectivity index (χ2v) is 10.2. The standard InChI is InChI=1S/C33H32F2N4O4/c1-42-28-7-3-5-26(18-28)36-32(40)38-31-20-39(33(41)37-27-6-4-8-29(19-27)43-2)14-13-30(31)22-11-9-21(10-12-22)23-15-24(34)17-25(35)16-23/h3-12,15-19,30-31H,13-14,20H2,1-2H3,(H,37,41)(H2,36,38,40)/t30-,31+/m1/s1. The summed E-state index contributed by atoms with van der Waals surface area (Å²) in [7, 11) is 3.11. The van der Waals surface area contributed by atoms with Crippen molar-refractivity contribution in [1.82, 2.24) is 10.2 Å². The number of hydrogen-bond donors (Lipinski definition) is 3. The average Bonchev–Trinajstić information content (AvgIpc) is 3.00. The highest BCUT2D eigenvalue weighted by Gasteiger charge is 2.34. The van der Waals surface area contributed by atoms with Gasteiger partial charge in [-0.2, -0.15) is 0 Å². The number of halogens is 2. The third-order valence-electron chi connectivity index (χ3n) is 7.40. The predicted molar refractivity (Wildman–Crippen MR) is 162 cm³/mol. The first kappa shape index (κ1) is 29.4. The predicted octanol–water partition coefficient (Wildman–Crippen LogP) is 6.86. The molecule has 4 aromatic rings. The molecule has 10 heteroatoms. The van der Waals surface area contributed by atoms with Gasteiger partial charge >= 0.3 is 12.1 Å². The van der Waals surface area contributed by atoms with Gasteiger partial charge in [-0.05, 0) is 59.5 Å². The van der Waals surface area contributed by atoms with Gasteiger partial charge in [-0.15, -0.1) is 0 Å².